The zero-order valence-corrected chi connectivity index (χ0v) is 18.5. The van der Waals surface area contributed by atoms with Crippen LogP contribution in [0.3, 0.4) is 0 Å². The highest BCUT2D eigenvalue weighted by Crippen LogP contribution is 2.25. The lowest BCUT2D eigenvalue weighted by Gasteiger charge is -2.22. The number of benzene rings is 1. The molecule has 0 radical (unpaired) electrons. The number of thioether (sulfide) groups is 1. The molecule has 4 rings (SSSR count). The van der Waals surface area contributed by atoms with Gasteiger partial charge in [0.05, 0.1) is 19.4 Å². The molecule has 4 aromatic rings. The summed E-state index contributed by atoms with van der Waals surface area (Å²) < 4.78 is 6.94. The summed E-state index contributed by atoms with van der Waals surface area (Å²) in [5, 5.41) is 7.03. The van der Waals surface area contributed by atoms with Crippen molar-refractivity contribution in [2.75, 3.05) is 17.8 Å². The topological polar surface area (TPSA) is 72.6 Å². The third-order valence-corrected chi connectivity index (χ3v) is 6.19. The summed E-state index contributed by atoms with van der Waals surface area (Å²) in [6, 6.07) is 13.5. The van der Waals surface area contributed by atoms with Gasteiger partial charge in [0.25, 0.3) is 5.78 Å². The summed E-state index contributed by atoms with van der Waals surface area (Å²) in [4.78, 5) is 24.9. The van der Waals surface area contributed by atoms with Crippen molar-refractivity contribution in [3.8, 4) is 5.75 Å². The Labute approximate surface area is 182 Å². The predicted octanol–water partition coefficient (Wildman–Crippen LogP) is 4.14. The number of fused-ring (bicyclic) bond motifs is 1. The van der Waals surface area contributed by atoms with Crippen molar-refractivity contribution in [2.24, 2.45) is 0 Å². The number of carbonyl (C=O) groups excluding carboxylic acids is 1. The fourth-order valence-corrected chi connectivity index (χ4v) is 4.44. The molecule has 0 saturated heterocycles. The first-order valence-electron chi connectivity index (χ1n) is 9.34. The van der Waals surface area contributed by atoms with Gasteiger partial charge in [-0.2, -0.15) is 4.98 Å². The van der Waals surface area contributed by atoms with Gasteiger partial charge >= 0.3 is 0 Å². The number of hydrogen-bond donors (Lipinski definition) is 0. The summed E-state index contributed by atoms with van der Waals surface area (Å²) in [6.45, 7) is 4.40. The highest BCUT2D eigenvalue weighted by atomic mass is 32.2. The number of amides is 1. The van der Waals surface area contributed by atoms with Crippen LogP contribution in [0.1, 0.15) is 16.3 Å². The first-order valence-corrected chi connectivity index (χ1v) is 11.2. The van der Waals surface area contributed by atoms with Crippen molar-refractivity contribution in [2.45, 2.75) is 25.5 Å². The zero-order chi connectivity index (χ0) is 21.1. The van der Waals surface area contributed by atoms with Crippen LogP contribution in [0.15, 0.2) is 53.0 Å². The zero-order valence-electron chi connectivity index (χ0n) is 16.9. The average molecular weight is 440 g/mol. The van der Waals surface area contributed by atoms with Crippen LogP contribution in [-0.4, -0.2) is 38.4 Å². The number of aryl methyl sites for hydroxylation is 2. The van der Waals surface area contributed by atoms with Gasteiger partial charge in [-0.3, -0.25) is 4.79 Å². The highest BCUT2D eigenvalue weighted by molar-refractivity contribution is 7.99. The SMILES string of the molecule is COc1ccc(N(Cc2cccs2)C(=O)CSc2nc3nc(C)cc(C)n3n2)cc1. The smallest absolute Gasteiger partial charge is 0.253 e. The van der Waals surface area contributed by atoms with Crippen LogP contribution < -0.4 is 9.64 Å². The molecule has 0 aliphatic heterocycles. The van der Waals surface area contributed by atoms with Gasteiger partial charge in [-0.1, -0.05) is 17.8 Å². The molecule has 9 heteroatoms. The van der Waals surface area contributed by atoms with E-state index in [-0.39, 0.29) is 11.7 Å². The molecule has 0 spiro atoms. The summed E-state index contributed by atoms with van der Waals surface area (Å²) in [6.07, 6.45) is 0. The quantitative estimate of drug-likeness (QED) is 0.403. The minimum Gasteiger partial charge on any atom is -0.497 e. The third kappa shape index (κ3) is 4.47. The maximum atomic E-state index is 13.1. The number of methoxy groups -OCH3 is 1. The van der Waals surface area contributed by atoms with E-state index in [9.17, 15) is 4.79 Å². The molecule has 30 heavy (non-hydrogen) atoms. The monoisotopic (exact) mass is 439 g/mol. The van der Waals surface area contributed by atoms with Crippen molar-refractivity contribution in [3.05, 3.63) is 64.1 Å². The van der Waals surface area contributed by atoms with Crippen LogP contribution in [-0.2, 0) is 11.3 Å². The van der Waals surface area contributed by atoms with Gasteiger partial charge in [-0.15, -0.1) is 16.4 Å². The highest BCUT2D eigenvalue weighted by Gasteiger charge is 2.19. The Morgan fingerprint density at radius 2 is 2.00 bits per heavy atom. The molecular formula is C21H21N5O2S2. The molecule has 0 unspecified atom stereocenters. The van der Waals surface area contributed by atoms with Crippen LogP contribution in [0, 0.1) is 13.8 Å². The van der Waals surface area contributed by atoms with Crippen molar-refractivity contribution in [1.82, 2.24) is 19.6 Å². The molecule has 0 bridgehead atoms. The van der Waals surface area contributed by atoms with Crippen molar-refractivity contribution in [1.29, 1.82) is 0 Å². The fraction of sp³-hybridized carbons (Fsp3) is 0.238. The van der Waals surface area contributed by atoms with E-state index in [0.29, 0.717) is 17.5 Å². The van der Waals surface area contributed by atoms with Crippen LogP contribution in [0.25, 0.3) is 5.78 Å². The van der Waals surface area contributed by atoms with Crippen LogP contribution >= 0.6 is 23.1 Å². The molecule has 3 heterocycles. The van der Waals surface area contributed by atoms with E-state index in [0.717, 1.165) is 27.7 Å². The lowest BCUT2D eigenvalue weighted by Crippen LogP contribution is -2.31. The standard InChI is InChI=1S/C21H21N5O2S2/c1-14-11-15(2)26-20(22-14)23-21(24-26)30-13-19(27)25(12-18-5-4-10-29-18)16-6-8-17(28-3)9-7-16/h4-11H,12-13H2,1-3H3. The second kappa shape index (κ2) is 8.85. The number of anilines is 1. The normalized spacial score (nSPS) is 11.0. The first kappa shape index (κ1) is 20.4. The number of nitrogens with zero attached hydrogens (tertiary/aromatic N) is 5. The summed E-state index contributed by atoms with van der Waals surface area (Å²) in [5.41, 5.74) is 2.67. The molecule has 0 fully saturated rings. The van der Waals surface area contributed by atoms with Crippen molar-refractivity contribution >= 4 is 40.5 Å². The predicted molar refractivity (Wildman–Crippen MR) is 119 cm³/mol. The van der Waals surface area contributed by atoms with E-state index >= 15 is 0 Å². The van der Waals surface area contributed by atoms with Gasteiger partial charge in [0.2, 0.25) is 11.1 Å². The molecule has 0 N–H and O–H groups in total. The number of rotatable bonds is 7. The van der Waals surface area contributed by atoms with Crippen LogP contribution in [0.2, 0.25) is 0 Å². The number of ether oxygens (including phenoxy) is 1. The molecule has 1 aromatic carbocycles. The largest absolute Gasteiger partial charge is 0.497 e. The molecule has 0 atom stereocenters. The molecule has 154 valence electrons. The fourth-order valence-electron chi connectivity index (χ4n) is 3.06. The number of hydrogen-bond acceptors (Lipinski definition) is 7. The molecule has 0 aliphatic carbocycles. The lowest BCUT2D eigenvalue weighted by molar-refractivity contribution is -0.116. The summed E-state index contributed by atoms with van der Waals surface area (Å²) in [5.74, 6) is 1.52. The molecule has 0 saturated carbocycles. The Hall–Kier alpha value is -2.91. The molecule has 1 amide bonds. The second-order valence-corrected chi connectivity index (χ2v) is 8.67. The molecule has 3 aromatic heterocycles. The van der Waals surface area contributed by atoms with E-state index < -0.39 is 0 Å². The second-order valence-electron chi connectivity index (χ2n) is 6.69. The van der Waals surface area contributed by atoms with Crippen molar-refractivity contribution < 1.29 is 9.53 Å². The summed E-state index contributed by atoms with van der Waals surface area (Å²) >= 11 is 2.95. The van der Waals surface area contributed by atoms with Gasteiger partial charge in [0, 0.05) is 22.0 Å². The number of aromatic nitrogens is 4. The Balaban J connectivity index is 1.53. The van der Waals surface area contributed by atoms with E-state index in [1.54, 1.807) is 27.9 Å². The van der Waals surface area contributed by atoms with E-state index in [1.807, 2.05) is 61.7 Å². The first-order chi connectivity index (χ1) is 14.5. The van der Waals surface area contributed by atoms with Gasteiger partial charge in [-0.05, 0) is 55.6 Å². The third-order valence-electron chi connectivity index (χ3n) is 4.50. The van der Waals surface area contributed by atoms with E-state index in [4.69, 9.17) is 4.74 Å². The maximum absolute atomic E-state index is 13.1. The van der Waals surface area contributed by atoms with Gasteiger partial charge in [0.15, 0.2) is 0 Å². The van der Waals surface area contributed by atoms with Crippen LogP contribution in [0.4, 0.5) is 5.69 Å². The molecule has 7 nitrogen and oxygen atoms in total. The lowest BCUT2D eigenvalue weighted by atomic mass is 10.2. The Bertz CT molecular complexity index is 1160. The van der Waals surface area contributed by atoms with Gasteiger partial charge in [0.1, 0.15) is 5.75 Å². The van der Waals surface area contributed by atoms with E-state index in [1.165, 1.54) is 11.8 Å². The minimum absolute atomic E-state index is 0.0155. The Morgan fingerprint density at radius 1 is 1.20 bits per heavy atom. The van der Waals surface area contributed by atoms with E-state index in [2.05, 4.69) is 15.1 Å². The maximum Gasteiger partial charge on any atom is 0.253 e. The number of carbonyl (C=O) groups is 1. The average Bonchev–Trinajstić information content (AvgIpc) is 3.40. The van der Waals surface area contributed by atoms with Crippen LogP contribution in [0.5, 0.6) is 5.75 Å². The van der Waals surface area contributed by atoms with Gasteiger partial charge in [-0.25, -0.2) is 9.50 Å². The van der Waals surface area contributed by atoms with Gasteiger partial charge < -0.3 is 9.64 Å². The van der Waals surface area contributed by atoms with Crippen molar-refractivity contribution in [3.63, 3.8) is 0 Å². The molecular weight excluding hydrogens is 418 g/mol. The summed E-state index contributed by atoms with van der Waals surface area (Å²) in [7, 11) is 1.63. The molecule has 0 aliphatic rings. The Morgan fingerprint density at radius 3 is 2.70 bits per heavy atom. The number of thiophene rings is 1. The Kier molecular flexibility index (Phi) is 6.01. The minimum atomic E-state index is -0.0155.